The third-order valence-corrected chi connectivity index (χ3v) is 1.10. The van der Waals surface area contributed by atoms with Crippen molar-refractivity contribution >= 4 is 11.9 Å². The Labute approximate surface area is 90.3 Å². The van der Waals surface area contributed by atoms with Crippen molar-refractivity contribution < 1.29 is 44.1 Å². The summed E-state index contributed by atoms with van der Waals surface area (Å²) in [5.74, 6) is -2.80. The second kappa shape index (κ2) is 6.76. The Morgan fingerprint density at radius 2 is 1.40 bits per heavy atom. The fourth-order valence-corrected chi connectivity index (χ4v) is 0.651. The molecule has 0 unspecified atom stereocenters. The first-order valence-electron chi connectivity index (χ1n) is 3.27. The molecule has 0 saturated carbocycles. The van der Waals surface area contributed by atoms with Crippen LogP contribution >= 0.6 is 0 Å². The number of aromatic nitrogens is 2. The molecule has 0 aliphatic rings. The number of hydrogen-bond acceptors (Lipinski definition) is 6. The van der Waals surface area contributed by atoms with Gasteiger partial charge in [-0.1, -0.05) is 0 Å². The van der Waals surface area contributed by atoms with Crippen LogP contribution in [0.3, 0.4) is 0 Å². The molecule has 0 aliphatic heterocycles. The summed E-state index contributed by atoms with van der Waals surface area (Å²) in [5.41, 5.74) is -1.10. The Balaban J connectivity index is 0.000000583. The van der Waals surface area contributed by atoms with Crippen molar-refractivity contribution in [2.75, 3.05) is 0 Å². The molecule has 1 aromatic heterocycles. The maximum atomic E-state index is 10.4. The predicted molar refractivity (Wildman–Crippen MR) is 36.6 cm³/mol. The molecule has 0 atom stereocenters. The van der Waals surface area contributed by atoms with Gasteiger partial charge in [0, 0.05) is 12.4 Å². The summed E-state index contributed by atoms with van der Waals surface area (Å²) in [6.07, 6.45) is 2.24. The average Bonchev–Trinajstić information content (AvgIpc) is 2.19. The zero-order chi connectivity index (χ0) is 11.8. The Morgan fingerprint density at radius 1 is 1.13 bits per heavy atom. The topological polar surface area (TPSA) is 141 Å². The summed E-state index contributed by atoms with van der Waals surface area (Å²) in [4.78, 5) is 27.4. The van der Waals surface area contributed by atoms with E-state index >= 15 is 0 Å². The van der Waals surface area contributed by atoms with E-state index in [2.05, 4.69) is 9.97 Å². The first kappa shape index (κ1) is 13.4. The van der Waals surface area contributed by atoms with Gasteiger partial charge in [-0.15, -0.1) is 0 Å². The van der Waals surface area contributed by atoms with Gasteiger partial charge in [-0.3, -0.25) is 0 Å². The van der Waals surface area contributed by atoms with E-state index in [9.17, 15) is 9.59 Å². The number of carbonyl (C=O) groups is 2. The summed E-state index contributed by atoms with van der Waals surface area (Å²) in [5, 5.41) is 16.9. The summed E-state index contributed by atoms with van der Waals surface area (Å²) in [6, 6.07) is 0. The van der Waals surface area contributed by atoms with Gasteiger partial charge in [-0.25, -0.2) is 19.6 Å². The molecule has 0 saturated heterocycles. The average molecular weight is 251 g/mol. The van der Waals surface area contributed by atoms with E-state index in [1.54, 1.807) is 0 Å². The molecule has 8 nitrogen and oxygen atoms in total. The molecule has 0 radical (unpaired) electrons. The SMILES string of the molecule is O=C(O)c1nccnc1C(=O)O.[O]=[V][O-]. The van der Waals surface area contributed by atoms with Crippen LogP contribution in [0.15, 0.2) is 12.4 Å². The molecule has 2 N–H and O–H groups in total. The molecule has 0 aliphatic carbocycles. The van der Waals surface area contributed by atoms with Crippen LogP contribution in [0.1, 0.15) is 21.0 Å². The Hall–Kier alpha value is -1.64. The first-order chi connectivity index (χ1) is 7.04. The zero-order valence-corrected chi connectivity index (χ0v) is 8.42. The van der Waals surface area contributed by atoms with Crippen LogP contribution in [0.4, 0.5) is 0 Å². The van der Waals surface area contributed by atoms with Gasteiger partial charge < -0.3 is 10.2 Å². The summed E-state index contributed by atoms with van der Waals surface area (Å²) in [7, 11) is 0. The third kappa shape index (κ3) is 4.40. The van der Waals surface area contributed by atoms with Crippen LogP contribution in [0.25, 0.3) is 0 Å². The Morgan fingerprint density at radius 3 is 1.60 bits per heavy atom. The summed E-state index contributed by atoms with van der Waals surface area (Å²) >= 11 is -1.81. The van der Waals surface area contributed by atoms with Crippen molar-refractivity contribution in [2.45, 2.75) is 0 Å². The monoisotopic (exact) mass is 251 g/mol. The molecule has 0 amide bonds. The van der Waals surface area contributed by atoms with E-state index in [0.29, 0.717) is 0 Å². The van der Waals surface area contributed by atoms with Crippen molar-refractivity contribution in [3.63, 3.8) is 0 Å². The van der Waals surface area contributed by atoms with Crippen LogP contribution in [0.2, 0.25) is 0 Å². The molecular formula is C6H4N2O6V-. The second-order valence-electron chi connectivity index (χ2n) is 1.94. The summed E-state index contributed by atoms with van der Waals surface area (Å²) < 4.78 is 16.9. The molecule has 1 aromatic rings. The first-order valence-corrected chi connectivity index (χ1v) is 4.41. The molecule has 0 bridgehead atoms. The number of carboxylic acids is 2. The second-order valence-corrected chi connectivity index (χ2v) is 2.17. The Kier molecular flexibility index (Phi) is 6.03. The van der Waals surface area contributed by atoms with Crippen molar-refractivity contribution in [1.82, 2.24) is 9.97 Å². The number of carboxylic acid groups (broad SMARTS) is 2. The quantitative estimate of drug-likeness (QED) is 0.651. The minimum absolute atomic E-state index is 0.551. The number of rotatable bonds is 2. The maximum absolute atomic E-state index is 10.4. The van der Waals surface area contributed by atoms with E-state index in [1.165, 1.54) is 0 Å². The van der Waals surface area contributed by atoms with Crippen molar-refractivity contribution in [3.8, 4) is 0 Å². The molecule has 80 valence electrons. The van der Waals surface area contributed by atoms with E-state index in [0.717, 1.165) is 12.4 Å². The van der Waals surface area contributed by atoms with Crippen LogP contribution < -0.4 is 4.03 Å². The van der Waals surface area contributed by atoms with Gasteiger partial charge >= 0.3 is 36.2 Å². The zero-order valence-electron chi connectivity index (χ0n) is 7.02. The van der Waals surface area contributed by atoms with Gasteiger partial charge in [0.15, 0.2) is 11.4 Å². The fourth-order valence-electron chi connectivity index (χ4n) is 0.651. The molecule has 15 heavy (non-hydrogen) atoms. The molecular weight excluding hydrogens is 247 g/mol. The number of aromatic carboxylic acids is 2. The molecule has 9 heteroatoms. The Bertz CT molecular complexity index is 349. The predicted octanol–water partition coefficient (Wildman–Crippen LogP) is -1.44. The van der Waals surface area contributed by atoms with E-state index in [-0.39, 0.29) is 0 Å². The van der Waals surface area contributed by atoms with Crippen LogP contribution in [-0.4, -0.2) is 32.1 Å². The van der Waals surface area contributed by atoms with Crippen LogP contribution in [0.5, 0.6) is 0 Å². The fraction of sp³-hybridized carbons (Fsp3) is 0. The van der Waals surface area contributed by atoms with Gasteiger partial charge in [0.05, 0.1) is 0 Å². The number of hydrogen-bond donors (Lipinski definition) is 2. The van der Waals surface area contributed by atoms with Gasteiger partial charge in [-0.05, 0) is 0 Å². The van der Waals surface area contributed by atoms with Gasteiger partial charge in [0.25, 0.3) is 0 Å². The van der Waals surface area contributed by atoms with Crippen molar-refractivity contribution in [2.24, 2.45) is 0 Å². The number of nitrogens with zero attached hydrogens (tertiary/aromatic N) is 2. The minimum atomic E-state index is -1.81. The third-order valence-electron chi connectivity index (χ3n) is 1.10. The van der Waals surface area contributed by atoms with E-state index in [1.807, 2.05) is 0 Å². The molecule has 0 aromatic carbocycles. The van der Waals surface area contributed by atoms with Crippen molar-refractivity contribution in [1.29, 1.82) is 0 Å². The molecule has 0 spiro atoms. The standard InChI is InChI=1S/C6H4N2O4.2O.V/c9-5(10)3-4(6(11)12)8-2-1-7-3;;;/h1-2H,(H,9,10)(H,11,12);;;/q;;-1;. The van der Waals surface area contributed by atoms with Gasteiger partial charge in [0.2, 0.25) is 0 Å². The summed E-state index contributed by atoms with van der Waals surface area (Å²) in [6.45, 7) is 0. The van der Waals surface area contributed by atoms with E-state index < -0.39 is 39.9 Å². The molecule has 1 rings (SSSR count). The van der Waals surface area contributed by atoms with Crippen LogP contribution in [-0.2, 0) is 20.3 Å². The van der Waals surface area contributed by atoms with Crippen LogP contribution in [0, 0.1) is 0 Å². The molecule has 0 fully saturated rings. The van der Waals surface area contributed by atoms with Crippen molar-refractivity contribution in [3.05, 3.63) is 23.8 Å². The molecule has 1 heterocycles. The van der Waals surface area contributed by atoms with Gasteiger partial charge in [-0.2, -0.15) is 0 Å². The van der Waals surface area contributed by atoms with Gasteiger partial charge in [0.1, 0.15) is 0 Å². The van der Waals surface area contributed by atoms with E-state index in [4.69, 9.17) is 17.9 Å². The normalized spacial score (nSPS) is 8.33.